The van der Waals surface area contributed by atoms with Gasteiger partial charge in [-0.3, -0.25) is 0 Å². The lowest BCUT2D eigenvalue weighted by molar-refractivity contribution is -0.703. The van der Waals surface area contributed by atoms with E-state index in [2.05, 4.69) is 11.5 Å². The first-order valence-electron chi connectivity index (χ1n) is 8.55. The number of rotatable bonds is 14. The van der Waals surface area contributed by atoms with Gasteiger partial charge in [-0.2, -0.15) is 0 Å². The van der Waals surface area contributed by atoms with E-state index in [0.717, 1.165) is 19.4 Å². The number of hydrogen-bond donors (Lipinski definition) is 1. The van der Waals surface area contributed by atoms with Crippen molar-refractivity contribution >= 4 is 8.80 Å². The molecule has 8 heteroatoms. The number of nitrogens with zero attached hydrogens (tertiary/aromatic N) is 2. The molecule has 0 aliphatic carbocycles. The third-order valence-electron chi connectivity index (χ3n) is 3.95. The molecule has 0 saturated carbocycles. The number of aromatic nitrogens is 2. The van der Waals surface area contributed by atoms with Crippen molar-refractivity contribution in [1.29, 1.82) is 0 Å². The Bertz CT molecular complexity index is 432. The van der Waals surface area contributed by atoms with Crippen molar-refractivity contribution in [3.63, 3.8) is 0 Å². The molecule has 1 aromatic rings. The second kappa shape index (κ2) is 11.7. The van der Waals surface area contributed by atoms with Crippen LogP contribution in [0.5, 0.6) is 0 Å². The number of unbranched alkanes of at least 4 members (excludes halogenated alkanes) is 1. The van der Waals surface area contributed by atoms with Crippen LogP contribution in [0.1, 0.15) is 26.2 Å². The zero-order chi connectivity index (χ0) is 17.8. The van der Waals surface area contributed by atoms with Crippen molar-refractivity contribution in [2.45, 2.75) is 51.4 Å². The monoisotopic (exact) mass is 361 g/mol. The summed E-state index contributed by atoms with van der Waals surface area (Å²) >= 11 is 0. The molecule has 1 aromatic heterocycles. The van der Waals surface area contributed by atoms with E-state index < -0.39 is 14.9 Å². The molecular weight excluding hydrogens is 328 g/mol. The molecule has 1 unspecified atom stereocenters. The van der Waals surface area contributed by atoms with Crippen LogP contribution in [-0.4, -0.2) is 59.1 Å². The topological polar surface area (TPSA) is 66.0 Å². The van der Waals surface area contributed by atoms with Gasteiger partial charge in [0.15, 0.2) is 0 Å². The summed E-state index contributed by atoms with van der Waals surface area (Å²) in [7, 11) is 2.30. The molecule has 1 N–H and O–H groups in total. The number of aryl methyl sites for hydroxylation is 1. The zero-order valence-corrected chi connectivity index (χ0v) is 16.4. The molecule has 7 nitrogen and oxygen atoms in total. The first-order chi connectivity index (χ1) is 11.6. The summed E-state index contributed by atoms with van der Waals surface area (Å²) in [5, 5.41) is 10.1. The minimum atomic E-state index is -2.51. The van der Waals surface area contributed by atoms with E-state index in [-0.39, 0.29) is 0 Å². The predicted octanol–water partition coefficient (Wildman–Crippen LogP) is 1.22. The Hall–Kier alpha value is -0.773. The zero-order valence-electron chi connectivity index (χ0n) is 15.4. The van der Waals surface area contributed by atoms with Gasteiger partial charge in [0.2, 0.25) is 6.33 Å². The van der Waals surface area contributed by atoms with Gasteiger partial charge in [0.05, 0.1) is 13.2 Å². The molecule has 0 spiro atoms. The maximum Gasteiger partial charge on any atom is 0.500 e. The fourth-order valence-electron chi connectivity index (χ4n) is 2.48. The minimum Gasteiger partial charge on any atom is -0.387 e. The Kier molecular flexibility index (Phi) is 10.4. The normalized spacial score (nSPS) is 13.4. The molecule has 0 aromatic carbocycles. The lowest BCUT2D eigenvalue weighted by atomic mass is 10.3. The van der Waals surface area contributed by atoms with Gasteiger partial charge in [0.1, 0.15) is 25.0 Å². The molecule has 0 aliphatic rings. The summed E-state index contributed by atoms with van der Waals surface area (Å²) in [5.74, 6) is 0. The van der Waals surface area contributed by atoms with Crippen molar-refractivity contribution in [3.05, 3.63) is 18.7 Å². The van der Waals surface area contributed by atoms with Gasteiger partial charge < -0.3 is 23.1 Å². The first-order valence-corrected chi connectivity index (χ1v) is 10.5. The molecule has 0 bridgehead atoms. The van der Waals surface area contributed by atoms with E-state index in [1.165, 1.54) is 6.42 Å². The van der Waals surface area contributed by atoms with Crippen LogP contribution >= 0.6 is 0 Å². The quantitative estimate of drug-likeness (QED) is 0.307. The van der Waals surface area contributed by atoms with E-state index in [1.54, 1.807) is 21.3 Å². The molecular formula is C16H33N2O5Si+. The standard InChI is InChI=1S/C16H33N2O5Si/c1-5-6-8-17-9-10-18(15-17)13-16(19)14-23-11-7-12-24(20-2,21-3)22-4/h9-10,15-16,19H,5-8,11-14H2,1-4H3/q+1. The Labute approximate surface area is 146 Å². The molecule has 24 heavy (non-hydrogen) atoms. The largest absolute Gasteiger partial charge is 0.500 e. The number of aliphatic hydroxyl groups is 1. The van der Waals surface area contributed by atoms with Crippen LogP contribution in [0.3, 0.4) is 0 Å². The number of ether oxygens (including phenoxy) is 1. The van der Waals surface area contributed by atoms with Gasteiger partial charge in [0.25, 0.3) is 0 Å². The van der Waals surface area contributed by atoms with E-state index in [9.17, 15) is 5.11 Å². The fourth-order valence-corrected chi connectivity index (χ4v) is 4.17. The summed E-state index contributed by atoms with van der Waals surface area (Å²) in [6.07, 6.45) is 8.63. The first kappa shape index (κ1) is 21.3. The van der Waals surface area contributed by atoms with Crippen LogP contribution in [0.2, 0.25) is 6.04 Å². The van der Waals surface area contributed by atoms with Crippen molar-refractivity contribution in [2.24, 2.45) is 0 Å². The molecule has 0 radical (unpaired) electrons. The fraction of sp³-hybridized carbons (Fsp3) is 0.812. The Balaban J connectivity index is 2.20. The minimum absolute atomic E-state index is 0.314. The van der Waals surface area contributed by atoms with Crippen LogP contribution in [0.25, 0.3) is 0 Å². The highest BCUT2D eigenvalue weighted by Crippen LogP contribution is 2.14. The van der Waals surface area contributed by atoms with Crippen LogP contribution in [0.4, 0.5) is 0 Å². The Morgan fingerprint density at radius 1 is 1.17 bits per heavy atom. The van der Waals surface area contributed by atoms with Gasteiger partial charge >= 0.3 is 8.80 Å². The second-order valence-corrected chi connectivity index (χ2v) is 8.92. The molecule has 0 saturated heterocycles. The Morgan fingerprint density at radius 3 is 2.50 bits per heavy atom. The molecule has 0 fully saturated rings. The molecule has 0 aliphatic heterocycles. The van der Waals surface area contributed by atoms with Crippen molar-refractivity contribution in [1.82, 2.24) is 4.57 Å². The second-order valence-electron chi connectivity index (χ2n) is 5.83. The van der Waals surface area contributed by atoms with Gasteiger partial charge in [0, 0.05) is 34.0 Å². The van der Waals surface area contributed by atoms with Crippen LogP contribution < -0.4 is 4.57 Å². The SMILES string of the molecule is CCCCn1cc[n+](CC(O)COCCC[Si](OC)(OC)OC)c1. The molecule has 1 atom stereocenters. The lowest BCUT2D eigenvalue weighted by Crippen LogP contribution is -2.43. The highest BCUT2D eigenvalue weighted by Gasteiger charge is 2.36. The molecule has 1 rings (SSSR count). The van der Waals surface area contributed by atoms with Crippen LogP contribution in [0, 0.1) is 0 Å². The highest BCUT2D eigenvalue weighted by molar-refractivity contribution is 6.60. The Morgan fingerprint density at radius 2 is 1.88 bits per heavy atom. The smallest absolute Gasteiger partial charge is 0.387 e. The van der Waals surface area contributed by atoms with Gasteiger partial charge in [-0.15, -0.1) is 0 Å². The summed E-state index contributed by atoms with van der Waals surface area (Å²) in [6.45, 7) is 4.59. The van der Waals surface area contributed by atoms with Crippen molar-refractivity contribution in [3.8, 4) is 0 Å². The summed E-state index contributed by atoms with van der Waals surface area (Å²) < 4.78 is 25.8. The van der Waals surface area contributed by atoms with Gasteiger partial charge in [-0.25, -0.2) is 9.13 Å². The third-order valence-corrected chi connectivity index (χ3v) is 6.78. The van der Waals surface area contributed by atoms with Crippen molar-refractivity contribution in [2.75, 3.05) is 34.5 Å². The molecule has 140 valence electrons. The predicted molar refractivity (Wildman–Crippen MR) is 92.6 cm³/mol. The summed E-state index contributed by atoms with van der Waals surface area (Å²) in [6, 6.07) is 0.696. The van der Waals surface area contributed by atoms with Crippen LogP contribution in [-0.2, 0) is 31.1 Å². The van der Waals surface area contributed by atoms with E-state index in [0.29, 0.717) is 25.8 Å². The lowest BCUT2D eigenvalue weighted by Gasteiger charge is -2.24. The maximum absolute atomic E-state index is 10.1. The summed E-state index contributed by atoms with van der Waals surface area (Å²) in [5.41, 5.74) is 0. The highest BCUT2D eigenvalue weighted by atomic mass is 28.4. The van der Waals surface area contributed by atoms with Gasteiger partial charge in [-0.1, -0.05) is 13.3 Å². The van der Waals surface area contributed by atoms with Gasteiger partial charge in [-0.05, 0) is 12.8 Å². The number of imidazole rings is 1. The number of aliphatic hydroxyl groups excluding tert-OH is 1. The third kappa shape index (κ3) is 7.41. The van der Waals surface area contributed by atoms with E-state index in [1.807, 2.05) is 23.3 Å². The van der Waals surface area contributed by atoms with E-state index >= 15 is 0 Å². The van der Waals surface area contributed by atoms with E-state index in [4.69, 9.17) is 18.0 Å². The van der Waals surface area contributed by atoms with Crippen LogP contribution in [0.15, 0.2) is 18.7 Å². The molecule has 1 heterocycles. The molecule has 0 amide bonds. The van der Waals surface area contributed by atoms with Crippen molar-refractivity contribution < 1.29 is 27.7 Å². The average molecular weight is 362 g/mol. The number of hydrogen-bond acceptors (Lipinski definition) is 5. The maximum atomic E-state index is 10.1. The average Bonchev–Trinajstić information content (AvgIpc) is 3.04. The summed E-state index contributed by atoms with van der Waals surface area (Å²) in [4.78, 5) is 0.